The Labute approximate surface area is 495 Å². The SMILES string of the molecule is COc1cc(Oc2ccc3c(c2)C2=NC3=NC3=NC(=NC4=NC(=NC5=NC(=N2)c2ccc(Oc6ccc(CO)c(OC)c6)cc25)c2ccc(Oc5ccc(CO)c(OC)c5)cc24)c2ccc(Oc4ccc(CO)c(OC)c4)cc23)ccc1CO.[Cu]. The maximum Gasteiger partial charge on any atom is 0.164 e. The molecule has 21 heteroatoms. The quantitative estimate of drug-likeness (QED) is 0.0660. The summed E-state index contributed by atoms with van der Waals surface area (Å²) in [4.78, 5) is 41.2. The van der Waals surface area contributed by atoms with E-state index in [2.05, 4.69) is 0 Å². The molecule has 8 aromatic rings. The molecule has 0 saturated heterocycles. The van der Waals surface area contributed by atoms with Gasteiger partial charge >= 0.3 is 0 Å². The number of rotatable bonds is 16. The Hall–Kier alpha value is -10.1. The van der Waals surface area contributed by atoms with Crippen LogP contribution in [0.3, 0.4) is 0 Å². The first kappa shape index (κ1) is 55.4. The van der Waals surface area contributed by atoms with Gasteiger partial charge < -0.3 is 58.3 Å². The summed E-state index contributed by atoms with van der Waals surface area (Å²) in [5, 5.41) is 39.7. The minimum Gasteiger partial charge on any atom is -0.496 e. The third-order valence-corrected chi connectivity index (χ3v) is 14.2. The third kappa shape index (κ3) is 10.6. The Kier molecular flexibility index (Phi) is 15.2. The molecule has 5 aliphatic heterocycles. The van der Waals surface area contributed by atoms with Crippen molar-refractivity contribution in [3.05, 3.63) is 212 Å². The first-order valence-electron chi connectivity index (χ1n) is 26.2. The van der Waals surface area contributed by atoms with Gasteiger partial charge in [-0.05, 0) is 121 Å². The smallest absolute Gasteiger partial charge is 0.164 e. The van der Waals surface area contributed by atoms with Crippen molar-refractivity contribution < 1.29 is 75.4 Å². The van der Waals surface area contributed by atoms with Crippen molar-refractivity contribution in [3.63, 3.8) is 0 Å². The van der Waals surface area contributed by atoms with Gasteiger partial charge in [0.05, 0.1) is 54.9 Å². The van der Waals surface area contributed by atoms with Crippen LogP contribution in [0.2, 0.25) is 0 Å². The van der Waals surface area contributed by atoms with Crippen LogP contribution in [0.25, 0.3) is 0 Å². The van der Waals surface area contributed by atoms with Gasteiger partial charge in [-0.2, -0.15) is 0 Å². The molecule has 85 heavy (non-hydrogen) atoms. The molecule has 5 heterocycles. The number of aliphatic imine (C=N–C) groups is 8. The van der Waals surface area contributed by atoms with Crippen molar-refractivity contribution in [2.75, 3.05) is 28.4 Å². The molecule has 0 amide bonds. The minimum atomic E-state index is -0.211. The first-order chi connectivity index (χ1) is 41.1. The molecule has 0 aliphatic carbocycles. The first-order valence-corrected chi connectivity index (χ1v) is 26.2. The topological polar surface area (TPSA) is 254 Å². The van der Waals surface area contributed by atoms with Gasteiger partial charge in [0.25, 0.3) is 0 Å². The van der Waals surface area contributed by atoms with E-state index in [9.17, 15) is 20.4 Å². The van der Waals surface area contributed by atoms with Crippen molar-refractivity contribution in [1.82, 2.24) is 0 Å². The van der Waals surface area contributed by atoms with Crippen molar-refractivity contribution in [3.8, 4) is 69.0 Å². The fourth-order valence-electron chi connectivity index (χ4n) is 10.1. The number of hydrogen-bond donors (Lipinski definition) is 4. The Morgan fingerprint density at radius 1 is 0.247 bits per heavy atom. The van der Waals surface area contributed by atoms with Gasteiger partial charge in [-0.25, -0.2) is 39.9 Å². The second-order valence-electron chi connectivity index (χ2n) is 19.2. The van der Waals surface area contributed by atoms with Crippen LogP contribution < -0.4 is 37.9 Å². The molecule has 0 unspecified atom stereocenters. The van der Waals surface area contributed by atoms with E-state index in [1.165, 1.54) is 28.4 Å². The molecule has 0 atom stereocenters. The summed E-state index contributed by atoms with van der Waals surface area (Å²) in [5.41, 5.74) is 7.14. The molecule has 8 aromatic carbocycles. The largest absolute Gasteiger partial charge is 0.496 e. The summed E-state index contributed by atoms with van der Waals surface area (Å²) in [6.07, 6.45) is 0. The summed E-state index contributed by atoms with van der Waals surface area (Å²) in [6.45, 7) is -0.845. The summed E-state index contributed by atoms with van der Waals surface area (Å²) in [7, 11) is 6.10. The number of benzene rings is 8. The molecule has 0 aromatic heterocycles. The van der Waals surface area contributed by atoms with Gasteiger partial charge in [-0.15, -0.1) is 0 Å². The van der Waals surface area contributed by atoms with Crippen molar-refractivity contribution in [2.45, 2.75) is 26.4 Å². The second-order valence-corrected chi connectivity index (χ2v) is 19.2. The molecule has 8 bridgehead atoms. The van der Waals surface area contributed by atoms with Crippen molar-refractivity contribution in [2.24, 2.45) is 39.9 Å². The number of amidine groups is 8. The normalized spacial score (nSPS) is 13.8. The zero-order valence-corrected chi connectivity index (χ0v) is 46.6. The van der Waals surface area contributed by atoms with E-state index >= 15 is 0 Å². The van der Waals surface area contributed by atoms with Crippen LogP contribution in [0.5, 0.6) is 69.0 Å². The van der Waals surface area contributed by atoms with E-state index in [1.54, 1.807) is 97.1 Å². The number of hydrogen-bond acceptors (Lipinski definition) is 20. The molecule has 13 rings (SSSR count). The number of ether oxygens (including phenoxy) is 8. The summed E-state index contributed by atoms with van der Waals surface area (Å²) < 4.78 is 47.8. The zero-order chi connectivity index (χ0) is 57.6. The molecule has 427 valence electrons. The van der Waals surface area contributed by atoms with Gasteiger partial charge in [0, 0.05) is 108 Å². The molecule has 4 N–H and O–H groups in total. The molecule has 0 spiro atoms. The Morgan fingerprint density at radius 2 is 0.424 bits per heavy atom. The number of aliphatic hydroxyl groups excluding tert-OH is 4. The van der Waals surface area contributed by atoms with Crippen LogP contribution in [0.1, 0.15) is 66.8 Å². The minimum absolute atomic E-state index is 0. The molecular weight excluding hydrogens is 1140 g/mol. The standard InChI is InChI=1S/C64H48N8O12.Cu/c1-77-53-25-41(9-5-33(53)29-73)81-37-13-17-45-49(21-37)61-65-57(45)70-62-51-23-39(83-43-11-7-35(31-75)55(27-43)79-3)15-19-47(51)59(67-62)72-64-52-24-40(84-44-12-8-36(32-76)56(28-44)80-4)16-20-48(52)60(68-64)71-63-50-22-38(14-18-46(50)58(66-63)69-61)82-42-10-6-34(30-74)54(26-42)78-2;/h5-28,73-76H,29-32H2,1-4H3;. The predicted octanol–water partition coefficient (Wildman–Crippen LogP) is 10.00. The van der Waals surface area contributed by atoms with Crippen LogP contribution in [0, 0.1) is 0 Å². The van der Waals surface area contributed by atoms with E-state index in [4.69, 9.17) is 77.8 Å². The molecule has 20 nitrogen and oxygen atoms in total. The van der Waals surface area contributed by atoms with Crippen LogP contribution in [0.15, 0.2) is 186 Å². The summed E-state index contributed by atoms with van der Waals surface area (Å²) in [6, 6.07) is 42.6. The van der Waals surface area contributed by atoms with E-state index in [0.29, 0.717) is 136 Å². The average molecular weight is 1180 g/mol. The van der Waals surface area contributed by atoms with E-state index in [-0.39, 0.29) is 90.2 Å². The van der Waals surface area contributed by atoms with Gasteiger partial charge in [-0.1, -0.05) is 0 Å². The monoisotopic (exact) mass is 1180 g/mol. The second kappa shape index (κ2) is 23.3. The van der Waals surface area contributed by atoms with E-state index < -0.39 is 0 Å². The fourth-order valence-corrected chi connectivity index (χ4v) is 10.1. The Morgan fingerprint density at radius 3 is 0.612 bits per heavy atom. The Balaban J connectivity index is 0.00000709. The van der Waals surface area contributed by atoms with E-state index in [1.807, 2.05) is 48.5 Å². The van der Waals surface area contributed by atoms with Crippen LogP contribution in [-0.2, 0) is 43.5 Å². The van der Waals surface area contributed by atoms with Gasteiger partial charge in [0.1, 0.15) is 69.0 Å². The maximum absolute atomic E-state index is 9.92. The Bertz CT molecular complexity index is 3790. The van der Waals surface area contributed by atoms with Crippen LogP contribution in [-0.4, -0.2) is 95.6 Å². The summed E-state index contributed by atoms with van der Waals surface area (Å²) >= 11 is 0. The molecule has 5 aliphatic rings. The third-order valence-electron chi connectivity index (χ3n) is 14.2. The number of nitrogens with zero attached hydrogens (tertiary/aromatic N) is 8. The predicted molar refractivity (Wildman–Crippen MR) is 314 cm³/mol. The fraction of sp³-hybridized carbons (Fsp3) is 0.125. The van der Waals surface area contributed by atoms with Crippen molar-refractivity contribution >= 4 is 46.7 Å². The number of aliphatic hydroxyl groups is 4. The number of methoxy groups -OCH3 is 4. The molecular formula is C64H48CuN8O12. The molecule has 1 radical (unpaired) electrons. The van der Waals surface area contributed by atoms with Gasteiger partial charge in [-0.3, -0.25) is 0 Å². The van der Waals surface area contributed by atoms with E-state index in [0.717, 1.165) is 0 Å². The van der Waals surface area contributed by atoms with Crippen LogP contribution in [0.4, 0.5) is 0 Å². The number of fused-ring (bicyclic) bond motifs is 16. The summed E-state index contributed by atoms with van der Waals surface area (Å²) in [5.74, 6) is 7.67. The average Bonchev–Trinajstić information content (AvgIpc) is 3.74. The van der Waals surface area contributed by atoms with Crippen molar-refractivity contribution in [1.29, 1.82) is 0 Å². The molecule has 0 fully saturated rings. The van der Waals surface area contributed by atoms with Gasteiger partial charge in [0.15, 0.2) is 46.7 Å². The van der Waals surface area contributed by atoms with Crippen LogP contribution >= 0.6 is 0 Å². The molecule has 0 saturated carbocycles. The zero-order valence-electron chi connectivity index (χ0n) is 45.6. The maximum atomic E-state index is 9.92. The van der Waals surface area contributed by atoms with Gasteiger partial charge in [0.2, 0.25) is 0 Å².